The molecule has 27 heavy (non-hydrogen) atoms. The number of H-pyrrole nitrogens is 1. The van der Waals surface area contributed by atoms with Crippen LogP contribution in [0.4, 0.5) is 5.69 Å². The van der Waals surface area contributed by atoms with Gasteiger partial charge >= 0.3 is 0 Å². The minimum Gasteiger partial charge on any atom is -0.322 e. The Morgan fingerprint density at radius 1 is 1.15 bits per heavy atom. The highest BCUT2D eigenvalue weighted by Crippen LogP contribution is 2.25. The van der Waals surface area contributed by atoms with E-state index in [0.717, 1.165) is 33.3 Å². The normalized spacial score (nSPS) is 11.8. The molecule has 0 saturated heterocycles. The summed E-state index contributed by atoms with van der Waals surface area (Å²) in [6.07, 6.45) is 3.46. The van der Waals surface area contributed by atoms with Gasteiger partial charge in [0, 0.05) is 22.8 Å². The molecule has 4 aromatic rings. The lowest BCUT2D eigenvalue weighted by Gasteiger charge is -2.12. The van der Waals surface area contributed by atoms with Crippen molar-refractivity contribution in [3.8, 4) is 0 Å². The van der Waals surface area contributed by atoms with Gasteiger partial charge in [-0.15, -0.1) is 0 Å². The minimum absolute atomic E-state index is 0.164. The average molecular weight is 362 g/mol. The highest BCUT2D eigenvalue weighted by atomic mass is 16.1. The van der Waals surface area contributed by atoms with Crippen molar-refractivity contribution in [3.63, 3.8) is 0 Å². The molecule has 0 unspecified atom stereocenters. The number of pyridine rings is 1. The van der Waals surface area contributed by atoms with Crippen molar-refractivity contribution >= 4 is 33.5 Å². The number of aromatic amines is 1. The Balaban J connectivity index is 1.77. The van der Waals surface area contributed by atoms with Crippen LogP contribution in [0, 0.1) is 0 Å². The lowest BCUT2D eigenvalue weighted by molar-refractivity contribution is 0.102. The molecule has 4 rings (SSSR count). The zero-order valence-electron chi connectivity index (χ0n) is 15.8. The van der Waals surface area contributed by atoms with Crippen LogP contribution < -0.4 is 5.32 Å². The van der Waals surface area contributed by atoms with Gasteiger partial charge in [0.2, 0.25) is 0 Å². The first-order valence-electron chi connectivity index (χ1n) is 9.06. The summed E-state index contributed by atoms with van der Waals surface area (Å²) in [4.78, 5) is 17.8. The number of nitrogens with one attached hydrogen (secondary N) is 2. The maximum Gasteiger partial charge on any atom is 0.256 e. The summed E-state index contributed by atoms with van der Waals surface area (Å²) in [6.45, 7) is 8.24. The maximum absolute atomic E-state index is 13.1. The lowest BCUT2D eigenvalue weighted by atomic mass is 10.0. The Morgan fingerprint density at radius 3 is 2.70 bits per heavy atom. The third kappa shape index (κ3) is 3.05. The van der Waals surface area contributed by atoms with E-state index in [0.29, 0.717) is 5.56 Å². The second-order valence-electron chi connectivity index (χ2n) is 7.30. The number of amides is 1. The van der Waals surface area contributed by atoms with E-state index < -0.39 is 0 Å². The van der Waals surface area contributed by atoms with E-state index in [1.807, 2.05) is 28.9 Å². The summed E-state index contributed by atoms with van der Waals surface area (Å²) in [7, 11) is 0. The summed E-state index contributed by atoms with van der Waals surface area (Å²) in [5.41, 5.74) is 3.86. The van der Waals surface area contributed by atoms with E-state index in [1.165, 1.54) is 0 Å². The van der Waals surface area contributed by atoms with Crippen molar-refractivity contribution in [2.24, 2.45) is 0 Å². The number of hydrogen-bond donors (Lipinski definition) is 2. The predicted octanol–water partition coefficient (Wildman–Crippen LogP) is 4.26. The van der Waals surface area contributed by atoms with Crippen LogP contribution >= 0.6 is 0 Å². The lowest BCUT2D eigenvalue weighted by Crippen LogP contribution is -2.14. The fourth-order valence-electron chi connectivity index (χ4n) is 3.12. The Hall–Kier alpha value is -3.22. The molecule has 0 bridgehead atoms. The number of nitrogens with zero attached hydrogens (tertiary/aromatic N) is 4. The molecular weight excluding hydrogens is 340 g/mol. The van der Waals surface area contributed by atoms with Crippen LogP contribution in [0.1, 0.15) is 55.7 Å². The largest absolute Gasteiger partial charge is 0.322 e. The van der Waals surface area contributed by atoms with Crippen LogP contribution in [0.5, 0.6) is 0 Å². The van der Waals surface area contributed by atoms with E-state index >= 15 is 0 Å². The Bertz CT molecular complexity index is 1140. The molecule has 0 saturated carbocycles. The van der Waals surface area contributed by atoms with Crippen LogP contribution in [0.25, 0.3) is 21.9 Å². The molecule has 2 N–H and O–H groups in total. The molecule has 0 fully saturated rings. The first-order valence-corrected chi connectivity index (χ1v) is 9.06. The van der Waals surface area contributed by atoms with Crippen molar-refractivity contribution in [3.05, 3.63) is 47.9 Å². The van der Waals surface area contributed by atoms with E-state index in [4.69, 9.17) is 4.98 Å². The van der Waals surface area contributed by atoms with Gasteiger partial charge in [-0.25, -0.2) is 9.67 Å². The highest BCUT2D eigenvalue weighted by Gasteiger charge is 2.19. The van der Waals surface area contributed by atoms with Crippen LogP contribution in [0.3, 0.4) is 0 Å². The molecule has 3 heterocycles. The van der Waals surface area contributed by atoms with E-state index in [1.54, 1.807) is 12.4 Å². The van der Waals surface area contributed by atoms with Gasteiger partial charge in [-0.05, 0) is 44.0 Å². The van der Waals surface area contributed by atoms with Gasteiger partial charge in [0.25, 0.3) is 5.91 Å². The Morgan fingerprint density at radius 2 is 1.96 bits per heavy atom. The Kier molecular flexibility index (Phi) is 4.14. The molecule has 0 aliphatic carbocycles. The number of carbonyl (C=O) groups excluding carboxylic acids is 1. The van der Waals surface area contributed by atoms with Gasteiger partial charge in [0.15, 0.2) is 5.65 Å². The van der Waals surface area contributed by atoms with E-state index in [9.17, 15) is 4.79 Å². The standard InChI is InChI=1S/C20H22N6O/c1-11(2)18-8-15(16-10-22-26(12(3)4)19(16)24-18)20(27)23-14-5-6-17-13(7-14)9-21-25-17/h5-12H,1-4H3,(H,21,25)(H,23,27). The molecule has 1 amide bonds. The van der Waals surface area contributed by atoms with Gasteiger partial charge < -0.3 is 5.32 Å². The minimum atomic E-state index is -0.171. The molecule has 138 valence electrons. The third-order valence-corrected chi connectivity index (χ3v) is 4.61. The number of benzene rings is 1. The van der Waals surface area contributed by atoms with Gasteiger partial charge in [-0.2, -0.15) is 10.2 Å². The number of aromatic nitrogens is 5. The molecule has 0 aliphatic rings. The van der Waals surface area contributed by atoms with Gasteiger partial charge in [-0.3, -0.25) is 9.89 Å². The number of hydrogen-bond acceptors (Lipinski definition) is 4. The second-order valence-corrected chi connectivity index (χ2v) is 7.30. The Labute approximate surface area is 156 Å². The van der Waals surface area contributed by atoms with Crippen molar-refractivity contribution in [2.75, 3.05) is 5.32 Å². The van der Waals surface area contributed by atoms with Crippen molar-refractivity contribution in [2.45, 2.75) is 39.7 Å². The molecule has 0 radical (unpaired) electrons. The van der Waals surface area contributed by atoms with E-state index in [-0.39, 0.29) is 17.9 Å². The summed E-state index contributed by atoms with van der Waals surface area (Å²) < 4.78 is 1.86. The number of carbonyl (C=O) groups is 1. The van der Waals surface area contributed by atoms with Crippen molar-refractivity contribution < 1.29 is 4.79 Å². The SMILES string of the molecule is CC(C)c1cc(C(=O)Nc2ccc3[nH]ncc3c2)c2cnn(C(C)C)c2n1. The zero-order valence-corrected chi connectivity index (χ0v) is 15.8. The summed E-state index contributed by atoms with van der Waals surface area (Å²) >= 11 is 0. The van der Waals surface area contributed by atoms with Gasteiger partial charge in [0.1, 0.15) is 0 Å². The second kappa shape index (κ2) is 6.50. The van der Waals surface area contributed by atoms with E-state index in [2.05, 4.69) is 48.3 Å². The molecular formula is C20H22N6O. The molecule has 0 spiro atoms. The molecule has 0 aliphatic heterocycles. The zero-order chi connectivity index (χ0) is 19.1. The van der Waals surface area contributed by atoms with Crippen LogP contribution in [0.2, 0.25) is 0 Å². The van der Waals surface area contributed by atoms with Crippen LogP contribution in [0.15, 0.2) is 36.7 Å². The average Bonchev–Trinajstić information content (AvgIpc) is 3.26. The molecule has 3 aromatic heterocycles. The smallest absolute Gasteiger partial charge is 0.256 e. The van der Waals surface area contributed by atoms with Crippen LogP contribution in [-0.2, 0) is 0 Å². The van der Waals surface area contributed by atoms with Crippen molar-refractivity contribution in [1.82, 2.24) is 25.0 Å². The number of fused-ring (bicyclic) bond motifs is 2. The fraction of sp³-hybridized carbons (Fsp3) is 0.300. The number of anilines is 1. The first-order chi connectivity index (χ1) is 12.9. The molecule has 7 heteroatoms. The summed E-state index contributed by atoms with van der Waals surface area (Å²) in [5, 5.41) is 16.1. The predicted molar refractivity (Wildman–Crippen MR) is 106 cm³/mol. The highest BCUT2D eigenvalue weighted by molar-refractivity contribution is 6.12. The topological polar surface area (TPSA) is 88.5 Å². The molecule has 7 nitrogen and oxygen atoms in total. The monoisotopic (exact) mass is 362 g/mol. The number of rotatable bonds is 4. The third-order valence-electron chi connectivity index (χ3n) is 4.61. The molecule has 1 aromatic carbocycles. The quantitative estimate of drug-likeness (QED) is 0.567. The van der Waals surface area contributed by atoms with Gasteiger partial charge in [0.05, 0.1) is 28.9 Å². The summed E-state index contributed by atoms with van der Waals surface area (Å²) in [6, 6.07) is 7.69. The van der Waals surface area contributed by atoms with Gasteiger partial charge in [-0.1, -0.05) is 13.8 Å². The first kappa shape index (κ1) is 17.2. The maximum atomic E-state index is 13.1. The van der Waals surface area contributed by atoms with Crippen molar-refractivity contribution in [1.29, 1.82) is 0 Å². The fourth-order valence-corrected chi connectivity index (χ4v) is 3.12. The summed E-state index contributed by atoms with van der Waals surface area (Å²) in [5.74, 6) is 0.0363. The van der Waals surface area contributed by atoms with Crippen LogP contribution in [-0.4, -0.2) is 30.9 Å². The molecule has 0 atom stereocenters.